The molecule has 4 N–H and O–H groups in total. The number of piperidine rings is 1. The summed E-state index contributed by atoms with van der Waals surface area (Å²) in [6.45, 7) is 6.05. The minimum absolute atomic E-state index is 0.0422. The molecule has 0 aliphatic carbocycles. The van der Waals surface area contributed by atoms with Crippen molar-refractivity contribution in [3.63, 3.8) is 0 Å². The van der Waals surface area contributed by atoms with E-state index in [1.807, 2.05) is 46.4 Å². The Bertz CT molecular complexity index is 1540. The monoisotopic (exact) mass is 650 g/mol. The van der Waals surface area contributed by atoms with Crippen molar-refractivity contribution in [1.82, 2.24) is 25.0 Å². The van der Waals surface area contributed by atoms with E-state index in [2.05, 4.69) is 20.5 Å². The molecule has 1 atom stereocenters. The number of rotatable bonds is 7. The van der Waals surface area contributed by atoms with Gasteiger partial charge in [0.25, 0.3) is 0 Å². The number of pyridine rings is 1. The fraction of sp³-hybridized carbons (Fsp3) is 0.438. The highest BCUT2D eigenvalue weighted by Gasteiger charge is 2.35. The number of amides is 5. The summed E-state index contributed by atoms with van der Waals surface area (Å²) in [4.78, 5) is 52.2. The van der Waals surface area contributed by atoms with Gasteiger partial charge in [-0.15, -0.1) is 11.3 Å². The summed E-state index contributed by atoms with van der Waals surface area (Å²) in [7, 11) is 0. The number of nitrogen functional groups attached to an aromatic ring is 1. The van der Waals surface area contributed by atoms with Crippen molar-refractivity contribution in [3.8, 4) is 0 Å². The zero-order valence-corrected chi connectivity index (χ0v) is 26.9. The van der Waals surface area contributed by atoms with Crippen LogP contribution >= 0.6 is 22.9 Å². The van der Waals surface area contributed by atoms with Crippen LogP contribution in [0.15, 0.2) is 48.1 Å². The second-order valence-electron chi connectivity index (χ2n) is 11.8. The normalized spacial score (nSPS) is 18.0. The lowest BCUT2D eigenvalue weighted by atomic mass is 9.99. The van der Waals surface area contributed by atoms with Crippen LogP contribution in [0.4, 0.5) is 26.0 Å². The molecule has 0 bridgehead atoms. The number of anilines is 3. The number of nitrogens with two attached hydrogens (primary N) is 1. The number of benzene rings is 1. The maximum absolute atomic E-state index is 14.0. The van der Waals surface area contributed by atoms with E-state index in [0.29, 0.717) is 82.2 Å². The molecule has 2 saturated heterocycles. The molecule has 5 heterocycles. The first kappa shape index (κ1) is 31.0. The summed E-state index contributed by atoms with van der Waals surface area (Å²) in [5.41, 5.74) is 10.7. The zero-order valence-electron chi connectivity index (χ0n) is 25.4. The summed E-state index contributed by atoms with van der Waals surface area (Å²) >= 11 is 8.00. The Labute approximate surface area is 272 Å². The van der Waals surface area contributed by atoms with Crippen LogP contribution in [-0.2, 0) is 24.2 Å². The van der Waals surface area contributed by atoms with Gasteiger partial charge in [-0.2, -0.15) is 0 Å². The molecule has 0 radical (unpaired) electrons. The molecule has 45 heavy (non-hydrogen) atoms. The van der Waals surface area contributed by atoms with E-state index in [1.165, 1.54) is 11.3 Å². The van der Waals surface area contributed by atoms with E-state index in [9.17, 15) is 14.4 Å². The molecule has 13 heteroatoms. The van der Waals surface area contributed by atoms with Gasteiger partial charge in [0.2, 0.25) is 5.91 Å². The fourth-order valence-electron chi connectivity index (χ4n) is 6.45. The van der Waals surface area contributed by atoms with Crippen molar-refractivity contribution in [1.29, 1.82) is 0 Å². The number of piperazine rings is 1. The van der Waals surface area contributed by atoms with Gasteiger partial charge in [0.15, 0.2) is 0 Å². The van der Waals surface area contributed by atoms with Crippen molar-refractivity contribution in [2.24, 2.45) is 0 Å². The van der Waals surface area contributed by atoms with Crippen molar-refractivity contribution >= 4 is 57.3 Å². The molecule has 6 rings (SSSR count). The Morgan fingerprint density at radius 2 is 1.82 bits per heavy atom. The minimum Gasteiger partial charge on any atom is -0.397 e. The molecule has 238 valence electrons. The van der Waals surface area contributed by atoms with E-state index < -0.39 is 6.04 Å². The molecule has 11 nitrogen and oxygen atoms in total. The number of aryl methyl sites for hydroxylation is 1. The van der Waals surface area contributed by atoms with Crippen molar-refractivity contribution in [2.75, 3.05) is 55.2 Å². The molecule has 3 aliphatic heterocycles. The van der Waals surface area contributed by atoms with Crippen molar-refractivity contribution in [2.45, 2.75) is 51.2 Å². The summed E-state index contributed by atoms with van der Waals surface area (Å²) in [6, 6.07) is 8.66. The van der Waals surface area contributed by atoms with Gasteiger partial charge in [-0.05, 0) is 60.0 Å². The van der Waals surface area contributed by atoms with Crippen LogP contribution in [0.25, 0.3) is 0 Å². The smallest absolute Gasteiger partial charge is 0.323 e. The molecule has 3 aromatic rings. The summed E-state index contributed by atoms with van der Waals surface area (Å²) in [6.07, 6.45) is 5.88. The highest BCUT2D eigenvalue weighted by Crippen LogP contribution is 2.32. The van der Waals surface area contributed by atoms with Crippen LogP contribution in [0.1, 0.15) is 36.5 Å². The molecule has 5 amide bonds. The minimum atomic E-state index is -0.767. The number of thiophene rings is 1. The third-order valence-corrected chi connectivity index (χ3v) is 10.3. The molecular formula is C32H39ClN8O3S. The summed E-state index contributed by atoms with van der Waals surface area (Å²) < 4.78 is 0. The number of nitrogens with zero attached hydrogens (tertiary/aromatic N) is 5. The summed E-state index contributed by atoms with van der Waals surface area (Å²) in [5, 5.41) is 9.41. The summed E-state index contributed by atoms with van der Waals surface area (Å²) in [5.74, 6) is -0.116. The predicted molar refractivity (Wildman–Crippen MR) is 178 cm³/mol. The number of urea groups is 2. The Balaban J connectivity index is 1.12. The van der Waals surface area contributed by atoms with Crippen molar-refractivity contribution in [3.05, 3.63) is 69.8 Å². The van der Waals surface area contributed by atoms with Crippen molar-refractivity contribution < 1.29 is 14.4 Å². The topological polar surface area (TPSA) is 127 Å². The van der Waals surface area contributed by atoms with Gasteiger partial charge >= 0.3 is 12.1 Å². The number of fused-ring (bicyclic) bond motifs is 1. The number of carbonyl (C=O) groups excluding carboxylic acids is 3. The number of hydrogen-bond donors (Lipinski definition) is 3. The highest BCUT2D eigenvalue weighted by atomic mass is 35.5. The second-order valence-corrected chi connectivity index (χ2v) is 13.1. The van der Waals surface area contributed by atoms with Crippen LogP contribution < -0.4 is 21.3 Å². The number of nitrogens with one attached hydrogen (secondary N) is 2. The van der Waals surface area contributed by atoms with Gasteiger partial charge in [0.1, 0.15) is 11.0 Å². The van der Waals surface area contributed by atoms with Gasteiger partial charge in [0, 0.05) is 75.4 Å². The number of carbonyl (C=O) groups is 3. The molecule has 2 fully saturated rings. The highest BCUT2D eigenvalue weighted by molar-refractivity contribution is 7.14. The third kappa shape index (κ3) is 6.81. The van der Waals surface area contributed by atoms with Gasteiger partial charge in [-0.1, -0.05) is 24.6 Å². The van der Waals surface area contributed by atoms with Crippen LogP contribution in [0.2, 0.25) is 5.02 Å². The molecule has 0 unspecified atom stereocenters. The number of hydrogen-bond acceptors (Lipinski definition) is 7. The average Bonchev–Trinajstić information content (AvgIpc) is 3.53. The Hall–Kier alpha value is -4.03. The molecular weight excluding hydrogens is 612 g/mol. The van der Waals surface area contributed by atoms with Crippen LogP contribution in [-0.4, -0.2) is 89.0 Å². The average molecular weight is 651 g/mol. The maximum Gasteiger partial charge on any atom is 0.323 e. The van der Waals surface area contributed by atoms with Crippen LogP contribution in [0, 0.1) is 0 Å². The second kappa shape index (κ2) is 13.5. The van der Waals surface area contributed by atoms with Gasteiger partial charge in [0.05, 0.1) is 17.3 Å². The van der Waals surface area contributed by atoms with E-state index in [1.54, 1.807) is 23.4 Å². The Morgan fingerprint density at radius 1 is 1.09 bits per heavy atom. The lowest BCUT2D eigenvalue weighted by Gasteiger charge is -2.40. The SMILES string of the molecule is CCc1cc(C[C@@H](NC(=O)N2CCC(N3Cc4ccsc4NC3=O)CC2)C(=O)N2CCN(c3ccncc3)CC2)cc(Cl)c1N. The predicted octanol–water partition coefficient (Wildman–Crippen LogP) is 4.42. The molecule has 3 aliphatic rings. The van der Waals surface area contributed by atoms with E-state index >= 15 is 0 Å². The zero-order chi connectivity index (χ0) is 31.5. The number of halogens is 1. The van der Waals surface area contributed by atoms with E-state index in [-0.39, 0.29) is 24.0 Å². The first-order chi connectivity index (χ1) is 21.8. The lowest BCUT2D eigenvalue weighted by Crippen LogP contribution is -2.58. The first-order valence-electron chi connectivity index (χ1n) is 15.5. The Morgan fingerprint density at radius 3 is 2.53 bits per heavy atom. The van der Waals surface area contributed by atoms with Crippen LogP contribution in [0.5, 0.6) is 0 Å². The van der Waals surface area contributed by atoms with Gasteiger partial charge in [-0.25, -0.2) is 9.59 Å². The maximum atomic E-state index is 14.0. The number of aromatic nitrogens is 1. The third-order valence-electron chi connectivity index (χ3n) is 9.07. The quantitative estimate of drug-likeness (QED) is 0.325. The Kier molecular flexibility index (Phi) is 9.32. The largest absolute Gasteiger partial charge is 0.397 e. The van der Waals surface area contributed by atoms with Crippen LogP contribution in [0.3, 0.4) is 0 Å². The fourth-order valence-corrected chi connectivity index (χ4v) is 7.51. The molecule has 0 spiro atoms. The standard InChI is InChI=1S/C32H39ClN8O3S/c1-2-22-17-21(18-26(33)28(22)34)19-27(30(42)39-14-12-38(13-15-39)24-3-8-35-9-4-24)36-31(43)40-10-5-25(6-11-40)41-20-23-7-16-45-29(23)37-32(41)44/h3-4,7-9,16-18,25,27H,2,5-6,10-15,19-20,34H2,1H3,(H,36,43)(H,37,44)/t27-/m1/s1. The number of likely N-dealkylation sites (tertiary alicyclic amines) is 1. The molecule has 2 aromatic heterocycles. The lowest BCUT2D eigenvalue weighted by molar-refractivity contribution is -0.133. The van der Waals surface area contributed by atoms with Gasteiger partial charge in [-0.3, -0.25) is 15.1 Å². The molecule has 1 aromatic carbocycles. The van der Waals surface area contributed by atoms with E-state index in [4.69, 9.17) is 17.3 Å². The van der Waals surface area contributed by atoms with Gasteiger partial charge < -0.3 is 30.7 Å². The van der Waals surface area contributed by atoms with E-state index in [0.717, 1.165) is 27.4 Å². The first-order valence-corrected chi connectivity index (χ1v) is 16.8. The molecule has 0 saturated carbocycles.